The van der Waals surface area contributed by atoms with E-state index in [0.717, 1.165) is 21.3 Å². The molecule has 2 aromatic carbocycles. The molecule has 0 aliphatic carbocycles. The molecule has 7 heteroatoms. The Hall–Kier alpha value is -1.63. The van der Waals surface area contributed by atoms with Crippen LogP contribution >= 0.6 is 22.9 Å². The summed E-state index contributed by atoms with van der Waals surface area (Å²) in [4.78, 5) is 4.56. The van der Waals surface area contributed by atoms with Crippen LogP contribution in [0.3, 0.4) is 0 Å². The van der Waals surface area contributed by atoms with Crippen molar-refractivity contribution in [1.82, 2.24) is 4.98 Å². The van der Waals surface area contributed by atoms with Gasteiger partial charge in [-0.2, -0.15) is 0 Å². The lowest BCUT2D eigenvalue weighted by atomic mass is 10.1. The van der Waals surface area contributed by atoms with Crippen LogP contribution < -0.4 is 4.72 Å². The van der Waals surface area contributed by atoms with Crippen LogP contribution in [0, 0.1) is 13.8 Å². The number of thiazole rings is 1. The van der Waals surface area contributed by atoms with Crippen molar-refractivity contribution in [2.24, 2.45) is 0 Å². The summed E-state index contributed by atoms with van der Waals surface area (Å²) >= 11 is 7.12. The summed E-state index contributed by atoms with van der Waals surface area (Å²) in [5, 5.41) is 0.854. The Morgan fingerprint density at radius 3 is 2.32 bits per heavy atom. The summed E-state index contributed by atoms with van der Waals surface area (Å²) in [6.07, 6.45) is 0. The highest BCUT2D eigenvalue weighted by atomic mass is 35.5. The number of nitrogens with zero attached hydrogens (tertiary/aromatic N) is 1. The number of halogens is 1. The summed E-state index contributed by atoms with van der Waals surface area (Å²) in [5.41, 5.74) is 2.93. The molecule has 0 radical (unpaired) electrons. The number of aryl methyl sites for hydroxylation is 2. The molecule has 0 aliphatic heterocycles. The van der Waals surface area contributed by atoms with Crippen LogP contribution in [0.25, 0.3) is 10.2 Å². The first kappa shape index (κ1) is 15.3. The standard InChI is InChI=1S/C15H13ClN2O2S2/c1-9-3-4-10(2)14-13(9)17-15(21-14)18-22(19,20)12-7-5-11(16)6-8-12/h3-8H,1-2H3,(H,17,18). The fourth-order valence-corrected chi connectivity index (χ4v) is 4.46. The molecule has 114 valence electrons. The molecule has 0 spiro atoms. The molecule has 0 fully saturated rings. The average molecular weight is 353 g/mol. The molecule has 0 atom stereocenters. The highest BCUT2D eigenvalue weighted by Crippen LogP contribution is 2.32. The molecule has 3 rings (SSSR count). The zero-order valence-electron chi connectivity index (χ0n) is 11.9. The third-order valence-electron chi connectivity index (χ3n) is 3.29. The highest BCUT2D eigenvalue weighted by Gasteiger charge is 2.17. The van der Waals surface area contributed by atoms with E-state index in [1.54, 1.807) is 12.1 Å². The molecule has 0 aliphatic rings. The Morgan fingerprint density at radius 1 is 1.05 bits per heavy atom. The topological polar surface area (TPSA) is 59.1 Å². The molecule has 1 aromatic heterocycles. The molecule has 1 heterocycles. The van der Waals surface area contributed by atoms with Gasteiger partial charge in [0.25, 0.3) is 10.0 Å². The van der Waals surface area contributed by atoms with E-state index in [-0.39, 0.29) is 4.90 Å². The quantitative estimate of drug-likeness (QED) is 0.761. The van der Waals surface area contributed by atoms with Crippen LogP contribution in [0.4, 0.5) is 5.13 Å². The van der Waals surface area contributed by atoms with Gasteiger partial charge in [-0.15, -0.1) is 0 Å². The van der Waals surface area contributed by atoms with Crippen molar-refractivity contribution < 1.29 is 8.42 Å². The molecule has 0 unspecified atom stereocenters. The molecule has 4 nitrogen and oxygen atoms in total. The fourth-order valence-electron chi connectivity index (χ4n) is 2.09. The highest BCUT2D eigenvalue weighted by molar-refractivity contribution is 7.93. The van der Waals surface area contributed by atoms with Gasteiger partial charge in [-0.05, 0) is 49.2 Å². The summed E-state index contributed by atoms with van der Waals surface area (Å²) < 4.78 is 28.3. The molecule has 0 saturated heterocycles. The Bertz CT molecular complexity index is 909. The monoisotopic (exact) mass is 352 g/mol. The van der Waals surface area contributed by atoms with E-state index in [1.165, 1.54) is 23.5 Å². The Morgan fingerprint density at radius 2 is 1.68 bits per heavy atom. The Kier molecular flexibility index (Phi) is 3.84. The maximum Gasteiger partial charge on any atom is 0.263 e. The Labute approximate surface area is 137 Å². The zero-order chi connectivity index (χ0) is 15.9. The normalized spacial score (nSPS) is 11.8. The molecular weight excluding hydrogens is 340 g/mol. The lowest BCUT2D eigenvalue weighted by molar-refractivity contribution is 0.601. The van der Waals surface area contributed by atoms with Crippen LogP contribution in [-0.4, -0.2) is 13.4 Å². The van der Waals surface area contributed by atoms with Gasteiger partial charge in [0.1, 0.15) is 0 Å². The Balaban J connectivity index is 2.00. The van der Waals surface area contributed by atoms with Gasteiger partial charge >= 0.3 is 0 Å². The third kappa shape index (κ3) is 2.82. The minimum Gasteiger partial charge on any atom is -0.255 e. The molecule has 0 amide bonds. The van der Waals surface area contributed by atoms with Crippen molar-refractivity contribution in [3.63, 3.8) is 0 Å². The van der Waals surface area contributed by atoms with E-state index in [9.17, 15) is 8.42 Å². The molecule has 1 N–H and O–H groups in total. The lowest BCUT2D eigenvalue weighted by Gasteiger charge is -2.04. The van der Waals surface area contributed by atoms with Gasteiger partial charge in [0, 0.05) is 5.02 Å². The fraction of sp³-hybridized carbons (Fsp3) is 0.133. The van der Waals surface area contributed by atoms with E-state index in [1.807, 2.05) is 26.0 Å². The van der Waals surface area contributed by atoms with E-state index in [0.29, 0.717) is 10.2 Å². The van der Waals surface area contributed by atoms with Crippen LogP contribution in [-0.2, 0) is 10.0 Å². The van der Waals surface area contributed by atoms with Gasteiger partial charge in [0.05, 0.1) is 15.1 Å². The van der Waals surface area contributed by atoms with Gasteiger partial charge in [0.15, 0.2) is 5.13 Å². The van der Waals surface area contributed by atoms with Crippen molar-refractivity contribution in [2.45, 2.75) is 18.7 Å². The predicted octanol–water partition coefficient (Wildman–Crippen LogP) is 4.37. The number of sulfonamides is 1. The van der Waals surface area contributed by atoms with Crippen molar-refractivity contribution in [1.29, 1.82) is 0 Å². The number of hydrogen-bond donors (Lipinski definition) is 1. The van der Waals surface area contributed by atoms with Gasteiger partial charge in [-0.3, -0.25) is 4.72 Å². The maximum atomic E-state index is 12.4. The van der Waals surface area contributed by atoms with Crippen molar-refractivity contribution in [3.8, 4) is 0 Å². The average Bonchev–Trinajstić information content (AvgIpc) is 2.88. The van der Waals surface area contributed by atoms with E-state index < -0.39 is 10.0 Å². The van der Waals surface area contributed by atoms with Gasteiger partial charge in [0.2, 0.25) is 0 Å². The van der Waals surface area contributed by atoms with Crippen molar-refractivity contribution in [3.05, 3.63) is 52.5 Å². The first-order valence-corrected chi connectivity index (χ1v) is 9.20. The minimum atomic E-state index is -3.66. The number of nitrogens with one attached hydrogen (secondary N) is 1. The van der Waals surface area contributed by atoms with Crippen LogP contribution in [0.2, 0.25) is 5.02 Å². The van der Waals surface area contributed by atoms with Gasteiger partial charge in [-0.1, -0.05) is 35.1 Å². The number of hydrogen-bond acceptors (Lipinski definition) is 4. The SMILES string of the molecule is Cc1ccc(C)c2sc(NS(=O)(=O)c3ccc(Cl)cc3)nc12. The molecule has 3 aromatic rings. The number of benzene rings is 2. The van der Waals surface area contributed by atoms with Crippen LogP contribution in [0.5, 0.6) is 0 Å². The number of aromatic nitrogens is 1. The minimum absolute atomic E-state index is 0.157. The molecule has 22 heavy (non-hydrogen) atoms. The lowest BCUT2D eigenvalue weighted by Crippen LogP contribution is -2.12. The second-order valence-electron chi connectivity index (χ2n) is 4.96. The number of fused-ring (bicyclic) bond motifs is 1. The van der Waals surface area contributed by atoms with E-state index in [4.69, 9.17) is 11.6 Å². The third-order valence-corrected chi connectivity index (χ3v) is 6.13. The van der Waals surface area contributed by atoms with Crippen LogP contribution in [0.1, 0.15) is 11.1 Å². The molecular formula is C15H13ClN2O2S2. The second kappa shape index (κ2) is 5.53. The van der Waals surface area contributed by atoms with Gasteiger partial charge in [-0.25, -0.2) is 13.4 Å². The maximum absolute atomic E-state index is 12.4. The summed E-state index contributed by atoms with van der Waals surface area (Å²) in [6.45, 7) is 3.94. The molecule has 0 saturated carbocycles. The zero-order valence-corrected chi connectivity index (χ0v) is 14.3. The second-order valence-corrected chi connectivity index (χ2v) is 8.07. The first-order valence-electron chi connectivity index (χ1n) is 6.52. The molecule has 0 bridgehead atoms. The number of rotatable bonds is 3. The van der Waals surface area contributed by atoms with E-state index >= 15 is 0 Å². The smallest absolute Gasteiger partial charge is 0.255 e. The number of anilines is 1. The van der Waals surface area contributed by atoms with Crippen LogP contribution in [0.15, 0.2) is 41.3 Å². The summed E-state index contributed by atoms with van der Waals surface area (Å²) in [6, 6.07) is 10.0. The largest absolute Gasteiger partial charge is 0.263 e. The van der Waals surface area contributed by atoms with Gasteiger partial charge < -0.3 is 0 Å². The van der Waals surface area contributed by atoms with Crippen molar-refractivity contribution in [2.75, 3.05) is 4.72 Å². The van der Waals surface area contributed by atoms with E-state index in [2.05, 4.69) is 9.71 Å². The summed E-state index contributed by atoms with van der Waals surface area (Å²) in [7, 11) is -3.66. The predicted molar refractivity (Wildman–Crippen MR) is 91.4 cm³/mol. The summed E-state index contributed by atoms with van der Waals surface area (Å²) in [5.74, 6) is 0. The first-order chi connectivity index (χ1) is 10.4. The van der Waals surface area contributed by atoms with Crippen molar-refractivity contribution >= 4 is 48.3 Å².